The molecule has 0 amide bonds. The number of aryl methyl sites for hydroxylation is 1. The molecule has 1 aromatic carbocycles. The predicted molar refractivity (Wildman–Crippen MR) is 120 cm³/mol. The van der Waals surface area contributed by atoms with Crippen molar-refractivity contribution in [1.82, 2.24) is 19.9 Å². The van der Waals surface area contributed by atoms with Crippen LogP contribution >= 0.6 is 0 Å². The van der Waals surface area contributed by atoms with Crippen molar-refractivity contribution in [1.29, 1.82) is 0 Å². The maximum Gasteiger partial charge on any atom is 0.250 e. The molecule has 4 heterocycles. The van der Waals surface area contributed by atoms with Gasteiger partial charge in [0.1, 0.15) is 0 Å². The fourth-order valence-corrected chi connectivity index (χ4v) is 3.83. The minimum Gasteiger partial charge on any atom is -0.378 e. The Hall–Kier alpha value is -3.24. The first kappa shape index (κ1) is 19.7. The Kier molecular flexibility index (Phi) is 5.63. The standard InChI is InChI=1S/C21H26N8O2/c1-15-17(16-4-2-3-5-18(16)23-15)14-22-27-19-24-20(28-6-10-30-11-7-28)26-21(25-19)29-8-12-31-13-9-29/h2-5,14,23H,6-13H2,1H3,(H,24,25,26,27)/b22-14+. The number of anilines is 3. The zero-order valence-electron chi connectivity index (χ0n) is 17.5. The molecule has 0 spiro atoms. The summed E-state index contributed by atoms with van der Waals surface area (Å²) in [6, 6.07) is 8.18. The molecule has 2 aliphatic rings. The molecular weight excluding hydrogens is 396 g/mol. The first-order valence-electron chi connectivity index (χ1n) is 10.6. The lowest BCUT2D eigenvalue weighted by atomic mass is 10.1. The Morgan fingerprint density at radius 1 is 0.935 bits per heavy atom. The Bertz CT molecular complexity index is 1030. The van der Waals surface area contributed by atoms with E-state index in [-0.39, 0.29) is 0 Å². The van der Waals surface area contributed by atoms with E-state index in [4.69, 9.17) is 14.5 Å². The van der Waals surface area contributed by atoms with Gasteiger partial charge in [0.25, 0.3) is 0 Å². The van der Waals surface area contributed by atoms with Gasteiger partial charge in [-0.2, -0.15) is 20.1 Å². The van der Waals surface area contributed by atoms with Gasteiger partial charge in [0, 0.05) is 48.3 Å². The largest absolute Gasteiger partial charge is 0.378 e. The SMILES string of the molecule is Cc1[nH]c2ccccc2c1/C=N/Nc1nc(N2CCOCC2)nc(N2CCOCC2)n1. The molecule has 2 saturated heterocycles. The molecule has 0 bridgehead atoms. The molecule has 2 aromatic heterocycles. The van der Waals surface area contributed by atoms with Crippen LogP contribution in [-0.4, -0.2) is 78.8 Å². The van der Waals surface area contributed by atoms with E-state index in [1.165, 1.54) is 0 Å². The first-order chi connectivity index (χ1) is 15.3. The van der Waals surface area contributed by atoms with E-state index < -0.39 is 0 Å². The first-order valence-corrected chi connectivity index (χ1v) is 10.6. The van der Waals surface area contributed by atoms with E-state index in [2.05, 4.69) is 47.4 Å². The number of nitrogens with zero attached hydrogens (tertiary/aromatic N) is 6. The molecule has 0 radical (unpaired) electrons. The zero-order chi connectivity index (χ0) is 21.0. The Balaban J connectivity index is 1.41. The fourth-order valence-electron chi connectivity index (χ4n) is 3.83. The average molecular weight is 422 g/mol. The lowest BCUT2D eigenvalue weighted by molar-refractivity contribution is 0.121. The van der Waals surface area contributed by atoms with E-state index >= 15 is 0 Å². The summed E-state index contributed by atoms with van der Waals surface area (Å²) in [6.45, 7) is 7.72. The van der Waals surface area contributed by atoms with E-state index in [9.17, 15) is 0 Å². The van der Waals surface area contributed by atoms with Gasteiger partial charge in [-0.1, -0.05) is 18.2 Å². The average Bonchev–Trinajstić information content (AvgIpc) is 3.15. The summed E-state index contributed by atoms with van der Waals surface area (Å²) in [6.07, 6.45) is 1.81. The number of H-pyrrole nitrogens is 1. The maximum atomic E-state index is 5.47. The number of hydrogen-bond acceptors (Lipinski definition) is 9. The minimum atomic E-state index is 0.423. The maximum absolute atomic E-state index is 5.47. The lowest BCUT2D eigenvalue weighted by Crippen LogP contribution is -2.40. The summed E-state index contributed by atoms with van der Waals surface area (Å²) in [5.41, 5.74) is 6.20. The number of rotatable bonds is 5. The molecule has 3 aromatic rings. The van der Waals surface area contributed by atoms with Gasteiger partial charge in [0.2, 0.25) is 17.8 Å². The van der Waals surface area contributed by atoms with Crippen molar-refractivity contribution in [3.05, 3.63) is 35.5 Å². The van der Waals surface area contributed by atoms with Crippen LogP contribution in [0.1, 0.15) is 11.3 Å². The van der Waals surface area contributed by atoms with Crippen LogP contribution in [0, 0.1) is 6.92 Å². The summed E-state index contributed by atoms with van der Waals surface area (Å²) in [5.74, 6) is 1.70. The van der Waals surface area contributed by atoms with Crippen LogP contribution in [0.4, 0.5) is 17.8 Å². The van der Waals surface area contributed by atoms with Crippen molar-refractivity contribution in [3.8, 4) is 0 Å². The quantitative estimate of drug-likeness (QED) is 0.474. The van der Waals surface area contributed by atoms with Crippen molar-refractivity contribution in [2.24, 2.45) is 5.10 Å². The molecule has 0 saturated carbocycles. The number of hydrogen-bond donors (Lipinski definition) is 2. The molecule has 162 valence electrons. The van der Waals surface area contributed by atoms with Crippen molar-refractivity contribution in [2.45, 2.75) is 6.92 Å². The second-order valence-electron chi connectivity index (χ2n) is 7.54. The molecule has 5 rings (SSSR count). The number of para-hydroxylation sites is 1. The van der Waals surface area contributed by atoms with Gasteiger partial charge in [0.15, 0.2) is 0 Å². The third-order valence-electron chi connectivity index (χ3n) is 5.50. The summed E-state index contributed by atoms with van der Waals surface area (Å²) in [7, 11) is 0. The van der Waals surface area contributed by atoms with Crippen molar-refractivity contribution < 1.29 is 9.47 Å². The number of hydrazone groups is 1. The number of morpholine rings is 2. The highest BCUT2D eigenvalue weighted by molar-refractivity contribution is 6.00. The van der Waals surface area contributed by atoms with Gasteiger partial charge in [-0.15, -0.1) is 0 Å². The molecule has 31 heavy (non-hydrogen) atoms. The minimum absolute atomic E-state index is 0.423. The summed E-state index contributed by atoms with van der Waals surface area (Å²) < 4.78 is 10.9. The van der Waals surface area contributed by atoms with Gasteiger partial charge < -0.3 is 24.3 Å². The third kappa shape index (κ3) is 4.30. The van der Waals surface area contributed by atoms with E-state index in [1.54, 1.807) is 6.21 Å². The summed E-state index contributed by atoms with van der Waals surface area (Å²) in [5, 5.41) is 5.56. The van der Waals surface area contributed by atoms with E-state index in [0.717, 1.165) is 48.3 Å². The number of nitrogens with one attached hydrogen (secondary N) is 2. The second kappa shape index (κ2) is 8.86. The highest BCUT2D eigenvalue weighted by atomic mass is 16.5. The van der Waals surface area contributed by atoms with Crippen molar-refractivity contribution in [3.63, 3.8) is 0 Å². The zero-order valence-corrected chi connectivity index (χ0v) is 17.5. The van der Waals surface area contributed by atoms with Crippen LogP contribution in [0.5, 0.6) is 0 Å². The topological polar surface area (TPSA) is 104 Å². The summed E-state index contributed by atoms with van der Waals surface area (Å²) >= 11 is 0. The number of ether oxygens (including phenoxy) is 2. The van der Waals surface area contributed by atoms with E-state index in [1.807, 2.05) is 19.1 Å². The normalized spacial score (nSPS) is 17.6. The number of benzene rings is 1. The Morgan fingerprint density at radius 2 is 1.55 bits per heavy atom. The second-order valence-corrected chi connectivity index (χ2v) is 7.54. The Morgan fingerprint density at radius 3 is 2.19 bits per heavy atom. The van der Waals surface area contributed by atoms with Crippen molar-refractivity contribution in [2.75, 3.05) is 67.8 Å². The molecular formula is C21H26N8O2. The highest BCUT2D eigenvalue weighted by Gasteiger charge is 2.20. The molecule has 2 fully saturated rings. The number of fused-ring (bicyclic) bond motifs is 1. The smallest absolute Gasteiger partial charge is 0.250 e. The van der Waals surface area contributed by atoms with Crippen LogP contribution in [0.15, 0.2) is 29.4 Å². The Labute approximate surface area is 180 Å². The van der Waals surface area contributed by atoms with Crippen molar-refractivity contribution >= 4 is 35.0 Å². The van der Waals surface area contributed by atoms with Crippen LogP contribution in [0.3, 0.4) is 0 Å². The molecule has 2 N–H and O–H groups in total. The lowest BCUT2D eigenvalue weighted by Gasteiger charge is -2.30. The molecule has 10 nitrogen and oxygen atoms in total. The van der Waals surface area contributed by atoms with E-state index in [0.29, 0.717) is 44.3 Å². The molecule has 0 aliphatic carbocycles. The van der Waals surface area contributed by atoms with Gasteiger partial charge >= 0.3 is 0 Å². The molecule has 10 heteroatoms. The van der Waals surface area contributed by atoms with Crippen LogP contribution in [0.2, 0.25) is 0 Å². The summed E-state index contributed by atoms with van der Waals surface area (Å²) in [4.78, 5) is 21.6. The third-order valence-corrected chi connectivity index (χ3v) is 5.50. The van der Waals surface area contributed by atoms with Crippen LogP contribution in [0.25, 0.3) is 10.9 Å². The van der Waals surface area contributed by atoms with Gasteiger partial charge in [-0.25, -0.2) is 5.43 Å². The van der Waals surface area contributed by atoms with Gasteiger partial charge in [-0.05, 0) is 13.0 Å². The monoisotopic (exact) mass is 422 g/mol. The molecule has 0 atom stereocenters. The van der Waals surface area contributed by atoms with Crippen LogP contribution in [-0.2, 0) is 9.47 Å². The fraction of sp³-hybridized carbons (Fsp3) is 0.429. The number of aromatic amines is 1. The predicted octanol–water partition coefficient (Wildman–Crippen LogP) is 1.78. The molecule has 2 aliphatic heterocycles. The number of aromatic nitrogens is 4. The highest BCUT2D eigenvalue weighted by Crippen LogP contribution is 2.21. The van der Waals surface area contributed by atoms with Gasteiger partial charge in [0.05, 0.1) is 32.6 Å². The molecule has 0 unspecified atom stereocenters. The van der Waals surface area contributed by atoms with Crippen LogP contribution < -0.4 is 15.2 Å². The van der Waals surface area contributed by atoms with Gasteiger partial charge in [-0.3, -0.25) is 0 Å².